The predicted molar refractivity (Wildman–Crippen MR) is 88.0 cm³/mol. The Bertz CT molecular complexity index is 611. The summed E-state index contributed by atoms with van der Waals surface area (Å²) in [6.07, 6.45) is 8.35. The van der Waals surface area contributed by atoms with Gasteiger partial charge in [-0.15, -0.1) is 0 Å². The molecule has 2 unspecified atom stereocenters. The summed E-state index contributed by atoms with van der Waals surface area (Å²) >= 11 is 0. The topological polar surface area (TPSA) is 34.1 Å². The Kier molecular flexibility index (Phi) is 4.28. The molecule has 1 fully saturated rings. The first-order valence-corrected chi connectivity index (χ1v) is 7.95. The lowest BCUT2D eigenvalue weighted by Crippen LogP contribution is -2.19. The molecular weight excluding hydrogens is 260 g/mol. The SMILES string of the molecule is COc1ccc2ccnc(NC3CCCC(C)CC3)c2c1. The summed E-state index contributed by atoms with van der Waals surface area (Å²) in [4.78, 5) is 4.56. The highest BCUT2D eigenvalue weighted by Gasteiger charge is 2.17. The van der Waals surface area contributed by atoms with Crippen LogP contribution in [0, 0.1) is 5.92 Å². The molecule has 1 aromatic carbocycles. The van der Waals surface area contributed by atoms with E-state index in [-0.39, 0.29) is 0 Å². The number of methoxy groups -OCH3 is 1. The second kappa shape index (κ2) is 6.33. The Morgan fingerprint density at radius 2 is 2.05 bits per heavy atom. The molecular formula is C18H24N2O. The smallest absolute Gasteiger partial charge is 0.134 e. The maximum atomic E-state index is 5.35. The van der Waals surface area contributed by atoms with Crippen LogP contribution in [0.1, 0.15) is 39.0 Å². The van der Waals surface area contributed by atoms with Crippen molar-refractivity contribution in [3.63, 3.8) is 0 Å². The molecule has 2 aromatic rings. The van der Waals surface area contributed by atoms with Crippen molar-refractivity contribution in [2.24, 2.45) is 5.92 Å². The largest absolute Gasteiger partial charge is 0.497 e. The summed E-state index contributed by atoms with van der Waals surface area (Å²) in [6, 6.07) is 8.76. The predicted octanol–water partition coefficient (Wildman–Crippen LogP) is 4.62. The molecule has 3 rings (SSSR count). The summed E-state index contributed by atoms with van der Waals surface area (Å²) in [6.45, 7) is 2.36. The van der Waals surface area contributed by atoms with Gasteiger partial charge in [-0.3, -0.25) is 0 Å². The molecule has 21 heavy (non-hydrogen) atoms. The number of fused-ring (bicyclic) bond motifs is 1. The van der Waals surface area contributed by atoms with Gasteiger partial charge in [-0.25, -0.2) is 4.98 Å². The van der Waals surface area contributed by atoms with E-state index in [0.717, 1.165) is 22.9 Å². The van der Waals surface area contributed by atoms with Crippen molar-refractivity contribution in [3.8, 4) is 5.75 Å². The van der Waals surface area contributed by atoms with Gasteiger partial charge in [-0.2, -0.15) is 0 Å². The van der Waals surface area contributed by atoms with Crippen molar-refractivity contribution in [2.75, 3.05) is 12.4 Å². The van der Waals surface area contributed by atoms with Gasteiger partial charge in [0.15, 0.2) is 0 Å². The molecule has 1 heterocycles. The first-order chi connectivity index (χ1) is 10.3. The monoisotopic (exact) mass is 284 g/mol. The Morgan fingerprint density at radius 3 is 2.90 bits per heavy atom. The zero-order chi connectivity index (χ0) is 14.7. The molecule has 1 aliphatic rings. The van der Waals surface area contributed by atoms with Crippen LogP contribution in [0.3, 0.4) is 0 Å². The van der Waals surface area contributed by atoms with Crippen molar-refractivity contribution < 1.29 is 4.74 Å². The fourth-order valence-electron chi connectivity index (χ4n) is 3.21. The second-order valence-corrected chi connectivity index (χ2v) is 6.20. The van der Waals surface area contributed by atoms with Crippen molar-refractivity contribution >= 4 is 16.6 Å². The van der Waals surface area contributed by atoms with Crippen LogP contribution in [-0.4, -0.2) is 18.1 Å². The molecule has 3 heteroatoms. The Hall–Kier alpha value is -1.77. The average molecular weight is 284 g/mol. The van der Waals surface area contributed by atoms with Crippen molar-refractivity contribution in [3.05, 3.63) is 30.5 Å². The minimum atomic E-state index is 0.541. The van der Waals surface area contributed by atoms with E-state index in [1.165, 1.54) is 37.5 Å². The summed E-state index contributed by atoms with van der Waals surface area (Å²) in [5, 5.41) is 6.02. The summed E-state index contributed by atoms with van der Waals surface area (Å²) in [5.74, 6) is 2.73. The Balaban J connectivity index is 1.85. The average Bonchev–Trinajstić information content (AvgIpc) is 2.72. The van der Waals surface area contributed by atoms with Crippen LogP contribution in [0.25, 0.3) is 10.8 Å². The molecule has 0 bridgehead atoms. The summed E-state index contributed by atoms with van der Waals surface area (Å²) in [5.41, 5.74) is 0. The number of aromatic nitrogens is 1. The highest BCUT2D eigenvalue weighted by Crippen LogP contribution is 2.29. The third-order valence-corrected chi connectivity index (χ3v) is 4.57. The lowest BCUT2D eigenvalue weighted by atomic mass is 10.0. The van der Waals surface area contributed by atoms with Gasteiger partial charge in [0.1, 0.15) is 11.6 Å². The maximum Gasteiger partial charge on any atom is 0.134 e. The van der Waals surface area contributed by atoms with E-state index in [1.807, 2.05) is 12.3 Å². The highest BCUT2D eigenvalue weighted by atomic mass is 16.5. The molecule has 0 aliphatic heterocycles. The van der Waals surface area contributed by atoms with Crippen LogP contribution in [0.4, 0.5) is 5.82 Å². The maximum absolute atomic E-state index is 5.35. The number of nitrogens with one attached hydrogen (secondary N) is 1. The fraction of sp³-hybridized carbons (Fsp3) is 0.500. The number of benzene rings is 1. The van der Waals surface area contributed by atoms with Gasteiger partial charge in [-0.1, -0.05) is 25.8 Å². The van der Waals surface area contributed by atoms with E-state index in [4.69, 9.17) is 4.74 Å². The van der Waals surface area contributed by atoms with Gasteiger partial charge >= 0.3 is 0 Å². The quantitative estimate of drug-likeness (QED) is 0.835. The number of rotatable bonds is 3. The van der Waals surface area contributed by atoms with Crippen LogP contribution in [0.15, 0.2) is 30.5 Å². The molecule has 0 saturated heterocycles. The third-order valence-electron chi connectivity index (χ3n) is 4.57. The highest BCUT2D eigenvalue weighted by molar-refractivity contribution is 5.92. The van der Waals surface area contributed by atoms with Crippen LogP contribution in [0.2, 0.25) is 0 Å². The van der Waals surface area contributed by atoms with E-state index >= 15 is 0 Å². The molecule has 0 radical (unpaired) electrons. The lowest BCUT2D eigenvalue weighted by molar-refractivity contribution is 0.415. The van der Waals surface area contributed by atoms with E-state index in [1.54, 1.807) is 7.11 Å². The molecule has 1 aromatic heterocycles. The number of pyridine rings is 1. The van der Waals surface area contributed by atoms with E-state index < -0.39 is 0 Å². The number of anilines is 1. The lowest BCUT2D eigenvalue weighted by Gasteiger charge is -2.18. The van der Waals surface area contributed by atoms with E-state index in [0.29, 0.717) is 6.04 Å². The van der Waals surface area contributed by atoms with Crippen LogP contribution >= 0.6 is 0 Å². The summed E-state index contributed by atoms with van der Waals surface area (Å²) in [7, 11) is 1.71. The van der Waals surface area contributed by atoms with Crippen molar-refractivity contribution in [2.45, 2.75) is 45.1 Å². The van der Waals surface area contributed by atoms with Gasteiger partial charge in [0, 0.05) is 17.6 Å². The molecule has 2 atom stereocenters. The molecule has 1 N–H and O–H groups in total. The number of nitrogens with zero attached hydrogens (tertiary/aromatic N) is 1. The zero-order valence-electron chi connectivity index (χ0n) is 12.9. The molecule has 1 saturated carbocycles. The molecule has 0 spiro atoms. The van der Waals surface area contributed by atoms with E-state index in [2.05, 4.69) is 35.4 Å². The van der Waals surface area contributed by atoms with Gasteiger partial charge < -0.3 is 10.1 Å². The van der Waals surface area contributed by atoms with Gasteiger partial charge in [-0.05, 0) is 48.8 Å². The molecule has 3 nitrogen and oxygen atoms in total. The minimum Gasteiger partial charge on any atom is -0.497 e. The Labute approximate surface area is 126 Å². The second-order valence-electron chi connectivity index (χ2n) is 6.20. The minimum absolute atomic E-state index is 0.541. The van der Waals surface area contributed by atoms with Crippen molar-refractivity contribution in [1.29, 1.82) is 0 Å². The van der Waals surface area contributed by atoms with Gasteiger partial charge in [0.2, 0.25) is 0 Å². The molecule has 112 valence electrons. The first kappa shape index (κ1) is 14.2. The third kappa shape index (κ3) is 3.29. The Morgan fingerprint density at radius 1 is 1.14 bits per heavy atom. The normalized spacial score (nSPS) is 22.8. The van der Waals surface area contributed by atoms with Gasteiger partial charge in [0.05, 0.1) is 7.11 Å². The van der Waals surface area contributed by atoms with Crippen LogP contribution < -0.4 is 10.1 Å². The summed E-state index contributed by atoms with van der Waals surface area (Å²) < 4.78 is 5.35. The first-order valence-electron chi connectivity index (χ1n) is 7.95. The van der Waals surface area contributed by atoms with Gasteiger partial charge in [0.25, 0.3) is 0 Å². The van der Waals surface area contributed by atoms with Crippen LogP contribution in [-0.2, 0) is 0 Å². The number of hydrogen-bond acceptors (Lipinski definition) is 3. The molecule has 1 aliphatic carbocycles. The van der Waals surface area contributed by atoms with Crippen molar-refractivity contribution in [1.82, 2.24) is 4.98 Å². The number of ether oxygens (including phenoxy) is 1. The fourth-order valence-corrected chi connectivity index (χ4v) is 3.21. The number of hydrogen-bond donors (Lipinski definition) is 1. The van der Waals surface area contributed by atoms with Crippen LogP contribution in [0.5, 0.6) is 5.75 Å². The zero-order valence-corrected chi connectivity index (χ0v) is 12.9. The van der Waals surface area contributed by atoms with E-state index in [9.17, 15) is 0 Å². The molecule has 0 amide bonds. The standard InChI is InChI=1S/C18H24N2O/c1-13-4-3-5-15(8-6-13)20-18-17-12-16(21-2)9-7-14(17)10-11-19-18/h7,9-13,15H,3-6,8H2,1-2H3,(H,19,20).